The van der Waals surface area contributed by atoms with Gasteiger partial charge in [-0.2, -0.15) is 0 Å². The summed E-state index contributed by atoms with van der Waals surface area (Å²) in [6.07, 6.45) is 3.98. The lowest BCUT2D eigenvalue weighted by Gasteiger charge is -2.30. The van der Waals surface area contributed by atoms with Crippen LogP contribution in [0.1, 0.15) is 19.8 Å². The maximum absolute atomic E-state index is 14.0. The van der Waals surface area contributed by atoms with Crippen molar-refractivity contribution in [3.8, 4) is 0 Å². The van der Waals surface area contributed by atoms with Gasteiger partial charge in [-0.1, -0.05) is 6.92 Å². The molecule has 0 atom stereocenters. The molecule has 1 aromatic carbocycles. The molecule has 0 spiro atoms. The van der Waals surface area contributed by atoms with Gasteiger partial charge in [-0.25, -0.2) is 8.78 Å². The number of piperidine rings is 1. The van der Waals surface area contributed by atoms with Crippen LogP contribution in [0, 0.1) is 17.6 Å². The van der Waals surface area contributed by atoms with Gasteiger partial charge in [0.2, 0.25) is 0 Å². The molecule has 1 fully saturated rings. The van der Waals surface area contributed by atoms with Gasteiger partial charge in [0.05, 0.1) is 5.39 Å². The molecular formula is C17H21F2N3. The van der Waals surface area contributed by atoms with Crippen molar-refractivity contribution in [3.63, 3.8) is 0 Å². The van der Waals surface area contributed by atoms with E-state index in [1.807, 2.05) is 0 Å². The molecule has 0 bridgehead atoms. The van der Waals surface area contributed by atoms with E-state index in [9.17, 15) is 8.78 Å². The van der Waals surface area contributed by atoms with Crippen molar-refractivity contribution in [1.29, 1.82) is 0 Å². The number of nitrogens with zero attached hydrogens (tertiary/aromatic N) is 2. The van der Waals surface area contributed by atoms with Crippen molar-refractivity contribution in [2.45, 2.75) is 19.8 Å². The van der Waals surface area contributed by atoms with E-state index in [0.29, 0.717) is 12.2 Å². The van der Waals surface area contributed by atoms with Gasteiger partial charge >= 0.3 is 0 Å². The topological polar surface area (TPSA) is 28.2 Å². The van der Waals surface area contributed by atoms with E-state index in [1.54, 1.807) is 6.07 Å². The second-order valence-electron chi connectivity index (χ2n) is 6.06. The van der Waals surface area contributed by atoms with E-state index in [2.05, 4.69) is 22.1 Å². The first-order valence-electron chi connectivity index (χ1n) is 7.84. The third-order valence-corrected chi connectivity index (χ3v) is 4.41. The zero-order valence-electron chi connectivity index (χ0n) is 12.8. The highest BCUT2D eigenvalue weighted by Gasteiger charge is 2.15. The Labute approximate surface area is 129 Å². The second kappa shape index (κ2) is 6.57. The maximum Gasteiger partial charge on any atom is 0.149 e. The molecule has 0 amide bonds. The van der Waals surface area contributed by atoms with Crippen molar-refractivity contribution in [3.05, 3.63) is 36.0 Å². The van der Waals surface area contributed by atoms with Crippen LogP contribution in [0.4, 0.5) is 14.5 Å². The number of halogens is 2. The molecule has 0 radical (unpaired) electrons. The molecule has 1 aliphatic rings. The Kier molecular flexibility index (Phi) is 4.52. The summed E-state index contributed by atoms with van der Waals surface area (Å²) in [5.74, 6) is -0.130. The largest absolute Gasteiger partial charge is 0.383 e. The summed E-state index contributed by atoms with van der Waals surface area (Å²) in [6.45, 7) is 6.14. The number of likely N-dealkylation sites (tertiary alicyclic amines) is 1. The van der Waals surface area contributed by atoms with Crippen molar-refractivity contribution < 1.29 is 8.78 Å². The number of benzene rings is 1. The maximum atomic E-state index is 14.0. The van der Waals surface area contributed by atoms with Gasteiger partial charge in [-0.3, -0.25) is 4.98 Å². The lowest BCUT2D eigenvalue weighted by molar-refractivity contribution is 0.199. The molecule has 0 aliphatic carbocycles. The summed E-state index contributed by atoms with van der Waals surface area (Å²) in [5, 5.41) is 3.46. The summed E-state index contributed by atoms with van der Waals surface area (Å²) in [7, 11) is 0. The predicted molar refractivity (Wildman–Crippen MR) is 85.0 cm³/mol. The minimum Gasteiger partial charge on any atom is -0.383 e. The van der Waals surface area contributed by atoms with Crippen LogP contribution < -0.4 is 5.32 Å². The van der Waals surface area contributed by atoms with Crippen LogP contribution in [-0.2, 0) is 0 Å². The number of hydrogen-bond donors (Lipinski definition) is 1. The van der Waals surface area contributed by atoms with E-state index in [-0.39, 0.29) is 10.9 Å². The molecule has 22 heavy (non-hydrogen) atoms. The lowest BCUT2D eigenvalue weighted by atomic mass is 9.99. The van der Waals surface area contributed by atoms with Crippen molar-refractivity contribution in [1.82, 2.24) is 9.88 Å². The highest BCUT2D eigenvalue weighted by atomic mass is 19.1. The molecule has 3 rings (SSSR count). The summed E-state index contributed by atoms with van der Waals surface area (Å²) < 4.78 is 27.7. The number of hydrogen-bond acceptors (Lipinski definition) is 3. The van der Waals surface area contributed by atoms with Crippen molar-refractivity contribution in [2.75, 3.05) is 31.5 Å². The van der Waals surface area contributed by atoms with Crippen LogP contribution in [0.2, 0.25) is 0 Å². The molecule has 1 aliphatic heterocycles. The fourth-order valence-corrected chi connectivity index (χ4v) is 2.97. The third kappa shape index (κ3) is 3.19. The lowest BCUT2D eigenvalue weighted by Crippen LogP contribution is -2.36. The molecule has 1 saturated heterocycles. The van der Waals surface area contributed by atoms with E-state index in [0.717, 1.165) is 37.7 Å². The first kappa shape index (κ1) is 15.2. The Morgan fingerprint density at radius 1 is 1.18 bits per heavy atom. The Balaban J connectivity index is 1.68. The molecule has 2 aromatic rings. The summed E-state index contributed by atoms with van der Waals surface area (Å²) in [5.41, 5.74) is 0.684. The first-order chi connectivity index (χ1) is 10.6. The fourth-order valence-electron chi connectivity index (χ4n) is 2.97. The third-order valence-electron chi connectivity index (χ3n) is 4.41. The van der Waals surface area contributed by atoms with E-state index >= 15 is 0 Å². The normalized spacial score (nSPS) is 17.0. The standard InChI is InChI=1S/C17H21F2N3/c1-12-5-9-22(10-6-12)11-8-20-15-4-7-21-17-14(19)3-2-13(18)16(15)17/h2-4,7,12H,5-6,8-11H2,1H3,(H,20,21). The van der Waals surface area contributed by atoms with Gasteiger partial charge in [-0.05, 0) is 50.0 Å². The number of nitrogens with one attached hydrogen (secondary N) is 1. The number of rotatable bonds is 4. The van der Waals surface area contributed by atoms with Crippen LogP contribution in [-0.4, -0.2) is 36.1 Å². The molecule has 1 N–H and O–H groups in total. The van der Waals surface area contributed by atoms with E-state index < -0.39 is 11.6 Å². The summed E-state index contributed by atoms with van der Waals surface area (Å²) in [4.78, 5) is 6.35. The van der Waals surface area contributed by atoms with Gasteiger partial charge in [0, 0.05) is 25.0 Å². The molecule has 0 unspecified atom stereocenters. The predicted octanol–water partition coefficient (Wildman–Crippen LogP) is 3.66. The van der Waals surface area contributed by atoms with Crippen LogP contribution >= 0.6 is 0 Å². The average molecular weight is 305 g/mol. The summed E-state index contributed by atoms with van der Waals surface area (Å²) >= 11 is 0. The average Bonchev–Trinajstić information content (AvgIpc) is 2.53. The molecule has 0 saturated carbocycles. The molecule has 1 aromatic heterocycles. The number of fused-ring (bicyclic) bond motifs is 1. The molecule has 118 valence electrons. The first-order valence-corrected chi connectivity index (χ1v) is 7.84. The van der Waals surface area contributed by atoms with Gasteiger partial charge in [0.25, 0.3) is 0 Å². The molecule has 3 nitrogen and oxygen atoms in total. The number of aromatic nitrogens is 1. The quantitative estimate of drug-likeness (QED) is 0.934. The number of anilines is 1. The Bertz CT molecular complexity index is 652. The minimum atomic E-state index is -0.495. The van der Waals surface area contributed by atoms with Crippen LogP contribution in [0.5, 0.6) is 0 Å². The zero-order valence-corrected chi connectivity index (χ0v) is 12.8. The summed E-state index contributed by atoms with van der Waals surface area (Å²) in [6, 6.07) is 3.96. The van der Waals surface area contributed by atoms with Crippen molar-refractivity contribution >= 4 is 16.6 Å². The van der Waals surface area contributed by atoms with Gasteiger partial charge in [-0.15, -0.1) is 0 Å². The van der Waals surface area contributed by atoms with Crippen LogP contribution in [0.15, 0.2) is 24.4 Å². The van der Waals surface area contributed by atoms with Crippen LogP contribution in [0.3, 0.4) is 0 Å². The highest BCUT2D eigenvalue weighted by molar-refractivity contribution is 5.91. The van der Waals surface area contributed by atoms with Crippen LogP contribution in [0.25, 0.3) is 10.9 Å². The Hall–Kier alpha value is -1.75. The molecule has 2 heterocycles. The zero-order chi connectivity index (χ0) is 15.5. The van der Waals surface area contributed by atoms with E-state index in [1.165, 1.54) is 19.0 Å². The highest BCUT2D eigenvalue weighted by Crippen LogP contribution is 2.26. The van der Waals surface area contributed by atoms with Crippen molar-refractivity contribution in [2.24, 2.45) is 5.92 Å². The number of pyridine rings is 1. The van der Waals surface area contributed by atoms with Gasteiger partial charge < -0.3 is 10.2 Å². The fraction of sp³-hybridized carbons (Fsp3) is 0.471. The Morgan fingerprint density at radius 2 is 1.91 bits per heavy atom. The minimum absolute atomic E-state index is 0.0804. The Morgan fingerprint density at radius 3 is 2.68 bits per heavy atom. The SMILES string of the molecule is CC1CCN(CCNc2ccnc3c(F)ccc(F)c23)CC1. The second-order valence-corrected chi connectivity index (χ2v) is 6.06. The molecule has 5 heteroatoms. The molecular weight excluding hydrogens is 284 g/mol. The van der Waals surface area contributed by atoms with Gasteiger partial charge in [0.1, 0.15) is 17.2 Å². The van der Waals surface area contributed by atoms with E-state index in [4.69, 9.17) is 0 Å². The smallest absolute Gasteiger partial charge is 0.149 e. The van der Waals surface area contributed by atoms with Gasteiger partial charge in [0.15, 0.2) is 0 Å². The monoisotopic (exact) mass is 305 g/mol.